The van der Waals surface area contributed by atoms with E-state index in [1.54, 1.807) is 11.8 Å². The lowest BCUT2D eigenvalue weighted by molar-refractivity contribution is -0.123. The Labute approximate surface area is 84.8 Å². The molecule has 0 aliphatic heterocycles. The molecule has 3 N–H and O–H groups in total. The van der Waals surface area contributed by atoms with Gasteiger partial charge in [0.25, 0.3) is 0 Å². The van der Waals surface area contributed by atoms with Gasteiger partial charge >= 0.3 is 0 Å². The quantitative estimate of drug-likeness (QED) is 0.678. The van der Waals surface area contributed by atoms with Crippen molar-refractivity contribution < 1.29 is 4.79 Å². The van der Waals surface area contributed by atoms with Gasteiger partial charge in [0.15, 0.2) is 0 Å². The standard InChI is InChI=1S/C9H20N2OS/c1-4-7(2)11-9(12)8(10)5-6-13-3/h7-8H,4-6,10H2,1-3H3,(H,11,12)/t7-,8-/m0/s1. The van der Waals surface area contributed by atoms with Crippen LogP contribution < -0.4 is 11.1 Å². The van der Waals surface area contributed by atoms with Crippen molar-refractivity contribution >= 4 is 17.7 Å². The Kier molecular flexibility index (Phi) is 7.09. The van der Waals surface area contributed by atoms with Gasteiger partial charge in [-0.1, -0.05) is 6.92 Å². The normalized spacial score (nSPS) is 15.1. The molecule has 0 aliphatic rings. The Morgan fingerprint density at radius 1 is 1.62 bits per heavy atom. The summed E-state index contributed by atoms with van der Waals surface area (Å²) in [6, 6.07) is -0.116. The van der Waals surface area contributed by atoms with Crippen molar-refractivity contribution in [1.29, 1.82) is 0 Å². The number of carbonyl (C=O) groups is 1. The molecule has 0 radical (unpaired) electrons. The number of hydrogen-bond acceptors (Lipinski definition) is 3. The van der Waals surface area contributed by atoms with E-state index in [-0.39, 0.29) is 18.0 Å². The molecule has 0 spiro atoms. The molecule has 0 saturated carbocycles. The molecule has 0 aromatic carbocycles. The fourth-order valence-corrected chi connectivity index (χ4v) is 1.32. The summed E-state index contributed by atoms with van der Waals surface area (Å²) in [5.74, 6) is 0.915. The smallest absolute Gasteiger partial charge is 0.237 e. The Balaban J connectivity index is 3.68. The molecule has 0 aromatic heterocycles. The molecule has 1 amide bonds. The van der Waals surface area contributed by atoms with Crippen LogP contribution in [0, 0.1) is 0 Å². The van der Waals surface area contributed by atoms with E-state index in [0.29, 0.717) is 0 Å². The topological polar surface area (TPSA) is 55.1 Å². The van der Waals surface area contributed by atoms with Gasteiger partial charge in [0.2, 0.25) is 5.91 Å². The highest BCUT2D eigenvalue weighted by atomic mass is 32.2. The third-order valence-electron chi connectivity index (χ3n) is 1.97. The maximum atomic E-state index is 11.4. The van der Waals surface area contributed by atoms with E-state index in [4.69, 9.17) is 5.73 Å². The fourth-order valence-electron chi connectivity index (χ4n) is 0.828. The summed E-state index contributed by atoms with van der Waals surface area (Å²) in [7, 11) is 0. The molecule has 4 heteroatoms. The average molecular weight is 204 g/mol. The first-order valence-corrected chi connectivity index (χ1v) is 6.06. The van der Waals surface area contributed by atoms with Crippen LogP contribution in [-0.4, -0.2) is 30.0 Å². The van der Waals surface area contributed by atoms with Crippen LogP contribution in [-0.2, 0) is 4.79 Å². The van der Waals surface area contributed by atoms with Crippen LogP contribution in [0.25, 0.3) is 0 Å². The van der Waals surface area contributed by atoms with Gasteiger partial charge in [0.05, 0.1) is 6.04 Å². The van der Waals surface area contributed by atoms with Crippen LogP contribution in [0.5, 0.6) is 0 Å². The van der Waals surface area contributed by atoms with E-state index < -0.39 is 0 Å². The van der Waals surface area contributed by atoms with E-state index in [1.807, 2.05) is 20.1 Å². The molecular formula is C9H20N2OS. The third kappa shape index (κ3) is 5.93. The predicted octanol–water partition coefficient (Wildman–Crippen LogP) is 0.982. The van der Waals surface area contributed by atoms with Gasteiger partial charge < -0.3 is 11.1 Å². The van der Waals surface area contributed by atoms with Crippen molar-refractivity contribution in [1.82, 2.24) is 5.32 Å². The monoisotopic (exact) mass is 204 g/mol. The van der Waals surface area contributed by atoms with Crippen LogP contribution >= 0.6 is 11.8 Å². The number of amides is 1. The molecular weight excluding hydrogens is 184 g/mol. The predicted molar refractivity (Wildman–Crippen MR) is 58.9 cm³/mol. The molecule has 0 fully saturated rings. The van der Waals surface area contributed by atoms with Gasteiger partial charge in [-0.05, 0) is 31.8 Å². The maximum Gasteiger partial charge on any atom is 0.237 e. The lowest BCUT2D eigenvalue weighted by Crippen LogP contribution is -2.44. The number of nitrogens with one attached hydrogen (secondary N) is 1. The first-order valence-electron chi connectivity index (χ1n) is 4.66. The number of rotatable bonds is 6. The summed E-state index contributed by atoms with van der Waals surface area (Å²) in [5.41, 5.74) is 5.68. The van der Waals surface area contributed by atoms with Gasteiger partial charge in [0.1, 0.15) is 0 Å². The number of hydrogen-bond donors (Lipinski definition) is 2. The van der Waals surface area contributed by atoms with E-state index >= 15 is 0 Å². The second-order valence-corrected chi connectivity index (χ2v) is 4.19. The van der Waals surface area contributed by atoms with Crippen molar-refractivity contribution in [2.75, 3.05) is 12.0 Å². The Bertz CT molecular complexity index is 153. The highest BCUT2D eigenvalue weighted by Crippen LogP contribution is 1.99. The summed E-state index contributed by atoms with van der Waals surface area (Å²) >= 11 is 1.71. The van der Waals surface area contributed by atoms with E-state index in [1.165, 1.54) is 0 Å². The molecule has 13 heavy (non-hydrogen) atoms. The molecule has 0 bridgehead atoms. The van der Waals surface area contributed by atoms with Gasteiger partial charge in [0, 0.05) is 6.04 Å². The summed E-state index contributed by atoms with van der Waals surface area (Å²) in [6.07, 6.45) is 3.71. The zero-order valence-corrected chi connectivity index (χ0v) is 9.49. The van der Waals surface area contributed by atoms with E-state index in [0.717, 1.165) is 18.6 Å². The van der Waals surface area contributed by atoms with Crippen molar-refractivity contribution in [2.24, 2.45) is 5.73 Å². The second-order valence-electron chi connectivity index (χ2n) is 3.21. The first-order chi connectivity index (χ1) is 6.11. The van der Waals surface area contributed by atoms with E-state index in [2.05, 4.69) is 5.32 Å². The minimum atomic E-state index is -0.346. The summed E-state index contributed by atoms with van der Waals surface area (Å²) in [5, 5.41) is 2.87. The van der Waals surface area contributed by atoms with Crippen LogP contribution in [0.2, 0.25) is 0 Å². The zero-order valence-electron chi connectivity index (χ0n) is 8.67. The van der Waals surface area contributed by atoms with Crippen LogP contribution in [0.1, 0.15) is 26.7 Å². The number of carbonyl (C=O) groups excluding carboxylic acids is 1. The molecule has 2 atom stereocenters. The van der Waals surface area contributed by atoms with Gasteiger partial charge in [-0.3, -0.25) is 4.79 Å². The molecule has 0 saturated heterocycles. The van der Waals surface area contributed by atoms with Gasteiger partial charge in [-0.2, -0.15) is 11.8 Å². The molecule has 0 heterocycles. The first kappa shape index (κ1) is 12.8. The molecule has 0 unspecified atom stereocenters. The van der Waals surface area contributed by atoms with Crippen molar-refractivity contribution in [3.63, 3.8) is 0 Å². The van der Waals surface area contributed by atoms with Crippen LogP contribution in [0.3, 0.4) is 0 Å². The molecule has 0 aliphatic carbocycles. The second kappa shape index (κ2) is 7.21. The zero-order chi connectivity index (χ0) is 10.3. The largest absolute Gasteiger partial charge is 0.352 e. The molecule has 3 nitrogen and oxygen atoms in total. The minimum Gasteiger partial charge on any atom is -0.352 e. The van der Waals surface area contributed by atoms with Crippen molar-refractivity contribution in [2.45, 2.75) is 38.8 Å². The average Bonchev–Trinajstić information content (AvgIpc) is 2.13. The molecule has 78 valence electrons. The number of nitrogens with two attached hydrogens (primary N) is 1. The fraction of sp³-hybridized carbons (Fsp3) is 0.889. The van der Waals surface area contributed by atoms with Gasteiger partial charge in [-0.15, -0.1) is 0 Å². The third-order valence-corrected chi connectivity index (χ3v) is 2.61. The summed E-state index contributed by atoms with van der Waals surface area (Å²) < 4.78 is 0. The summed E-state index contributed by atoms with van der Waals surface area (Å²) in [6.45, 7) is 4.03. The Morgan fingerprint density at radius 3 is 2.69 bits per heavy atom. The lowest BCUT2D eigenvalue weighted by atomic mass is 10.2. The Hall–Kier alpha value is -0.220. The maximum absolute atomic E-state index is 11.4. The van der Waals surface area contributed by atoms with Crippen LogP contribution in [0.15, 0.2) is 0 Å². The SMILES string of the molecule is CC[C@H](C)NC(=O)[C@@H](N)CCSC. The highest BCUT2D eigenvalue weighted by molar-refractivity contribution is 7.98. The van der Waals surface area contributed by atoms with Crippen LogP contribution in [0.4, 0.5) is 0 Å². The Morgan fingerprint density at radius 2 is 2.23 bits per heavy atom. The summed E-state index contributed by atoms with van der Waals surface area (Å²) in [4.78, 5) is 11.4. The minimum absolute atomic E-state index is 0.0246. The highest BCUT2D eigenvalue weighted by Gasteiger charge is 2.13. The molecule has 0 aromatic rings. The lowest BCUT2D eigenvalue weighted by Gasteiger charge is -2.15. The van der Waals surface area contributed by atoms with Crippen molar-refractivity contribution in [3.05, 3.63) is 0 Å². The van der Waals surface area contributed by atoms with Gasteiger partial charge in [-0.25, -0.2) is 0 Å². The molecule has 0 rings (SSSR count). The van der Waals surface area contributed by atoms with E-state index in [9.17, 15) is 4.79 Å². The van der Waals surface area contributed by atoms with Crippen molar-refractivity contribution in [3.8, 4) is 0 Å². The number of thioether (sulfide) groups is 1.